The predicted octanol–water partition coefficient (Wildman–Crippen LogP) is 2.32. The number of alkyl halides is 3. The first kappa shape index (κ1) is 12.7. The van der Waals surface area contributed by atoms with Crippen molar-refractivity contribution in [2.75, 3.05) is 11.9 Å². The van der Waals surface area contributed by atoms with Crippen LogP contribution in [0.2, 0.25) is 0 Å². The molecule has 1 aromatic rings. The quantitative estimate of drug-likeness (QED) is 0.666. The average Bonchev–Trinajstić information content (AvgIpc) is 2.27. The van der Waals surface area contributed by atoms with E-state index in [1.54, 1.807) is 18.2 Å². The van der Waals surface area contributed by atoms with Crippen molar-refractivity contribution in [1.82, 2.24) is 0 Å². The minimum Gasteiger partial charge on any atom is -0.381 e. The van der Waals surface area contributed by atoms with Gasteiger partial charge in [-0.1, -0.05) is 12.1 Å². The third-order valence-electron chi connectivity index (χ3n) is 2.26. The highest BCUT2D eigenvalue weighted by Gasteiger charge is 2.49. The highest BCUT2D eigenvalue weighted by Crippen LogP contribution is 2.33. The van der Waals surface area contributed by atoms with E-state index >= 15 is 0 Å². The van der Waals surface area contributed by atoms with Crippen molar-refractivity contribution in [3.8, 4) is 0 Å². The summed E-state index contributed by atoms with van der Waals surface area (Å²) in [5, 5.41) is 2.88. The largest absolute Gasteiger partial charge is 0.534 e. The molecular weight excluding hydrogens is 271 g/mol. The van der Waals surface area contributed by atoms with Gasteiger partial charge in [0.1, 0.15) is 5.76 Å². The topological polar surface area (TPSA) is 55.4 Å². The van der Waals surface area contributed by atoms with Crippen LogP contribution in [0.25, 0.3) is 5.76 Å². The van der Waals surface area contributed by atoms with Crippen molar-refractivity contribution < 1.29 is 25.8 Å². The summed E-state index contributed by atoms with van der Waals surface area (Å²) in [6, 6.07) is 6.33. The number of fused-ring (bicyclic) bond motifs is 1. The van der Waals surface area contributed by atoms with E-state index in [4.69, 9.17) is 0 Å². The van der Waals surface area contributed by atoms with Crippen LogP contribution in [0.1, 0.15) is 5.56 Å². The van der Waals surface area contributed by atoms with Crippen LogP contribution in [0.3, 0.4) is 0 Å². The van der Waals surface area contributed by atoms with Crippen molar-refractivity contribution in [2.45, 2.75) is 5.51 Å². The second-order valence-corrected chi connectivity index (χ2v) is 5.02. The number of benzene rings is 1. The Kier molecular flexibility index (Phi) is 2.97. The molecule has 1 aromatic carbocycles. The molecule has 0 bridgehead atoms. The van der Waals surface area contributed by atoms with Crippen LogP contribution in [-0.2, 0) is 14.3 Å². The summed E-state index contributed by atoms with van der Waals surface area (Å²) in [4.78, 5) is 0. The average molecular weight is 279 g/mol. The lowest BCUT2D eigenvalue weighted by molar-refractivity contribution is -0.0509. The molecule has 0 fully saturated rings. The minimum atomic E-state index is -5.64. The van der Waals surface area contributed by atoms with Gasteiger partial charge in [-0.3, -0.25) is 0 Å². The molecule has 0 amide bonds. The van der Waals surface area contributed by atoms with Crippen LogP contribution in [0.4, 0.5) is 18.9 Å². The summed E-state index contributed by atoms with van der Waals surface area (Å²) in [7, 11) is -5.64. The minimum absolute atomic E-state index is 0.194. The molecule has 98 valence electrons. The first-order chi connectivity index (χ1) is 8.31. The summed E-state index contributed by atoms with van der Waals surface area (Å²) in [6.07, 6.45) is 1.24. The van der Waals surface area contributed by atoms with Crippen LogP contribution in [0, 0.1) is 0 Å². The second-order valence-electron chi connectivity index (χ2n) is 3.48. The standard InChI is InChI=1S/C10H8F3NO3S/c11-10(12,13)18(15,16)17-9-5-6-14-8-4-2-1-3-7(8)9/h1-5,14H,6H2. The van der Waals surface area contributed by atoms with Crippen molar-refractivity contribution in [1.29, 1.82) is 0 Å². The third-order valence-corrected chi connectivity index (χ3v) is 3.22. The van der Waals surface area contributed by atoms with E-state index in [1.807, 2.05) is 0 Å². The van der Waals surface area contributed by atoms with E-state index in [-0.39, 0.29) is 17.9 Å². The van der Waals surface area contributed by atoms with Gasteiger partial charge < -0.3 is 9.50 Å². The SMILES string of the molecule is O=S(=O)(OC1=CCNc2ccccc21)C(F)(F)F. The number of hydrogen-bond donors (Lipinski definition) is 1. The van der Waals surface area contributed by atoms with Gasteiger partial charge in [0.2, 0.25) is 0 Å². The Morgan fingerprint density at radius 3 is 2.56 bits per heavy atom. The summed E-state index contributed by atoms with van der Waals surface area (Å²) >= 11 is 0. The normalized spacial score (nSPS) is 15.4. The van der Waals surface area contributed by atoms with Crippen molar-refractivity contribution in [3.63, 3.8) is 0 Å². The molecule has 1 aliphatic heterocycles. The summed E-state index contributed by atoms with van der Waals surface area (Å²) in [6.45, 7) is 0.194. The number of anilines is 1. The lowest BCUT2D eigenvalue weighted by Crippen LogP contribution is -2.26. The molecule has 18 heavy (non-hydrogen) atoms. The fourth-order valence-corrected chi connectivity index (χ4v) is 1.95. The molecule has 0 saturated carbocycles. The summed E-state index contributed by atoms with van der Waals surface area (Å²) in [5.74, 6) is -0.318. The highest BCUT2D eigenvalue weighted by molar-refractivity contribution is 7.87. The maximum absolute atomic E-state index is 12.2. The molecule has 0 aliphatic carbocycles. The monoisotopic (exact) mass is 279 g/mol. The summed E-state index contributed by atoms with van der Waals surface area (Å²) < 4.78 is 62.6. The number of nitrogens with one attached hydrogen (secondary N) is 1. The zero-order valence-electron chi connectivity index (χ0n) is 8.86. The molecule has 2 rings (SSSR count). The van der Waals surface area contributed by atoms with Gasteiger partial charge in [-0.25, -0.2) is 0 Å². The van der Waals surface area contributed by atoms with Crippen LogP contribution in [0.15, 0.2) is 30.3 Å². The molecule has 0 radical (unpaired) electrons. The highest BCUT2D eigenvalue weighted by atomic mass is 32.2. The van der Waals surface area contributed by atoms with Crippen LogP contribution in [-0.4, -0.2) is 20.5 Å². The molecule has 1 heterocycles. The smallest absolute Gasteiger partial charge is 0.381 e. The Morgan fingerprint density at radius 1 is 1.22 bits per heavy atom. The Bertz CT molecular complexity index is 593. The lowest BCUT2D eigenvalue weighted by Gasteiger charge is -2.19. The van der Waals surface area contributed by atoms with Gasteiger partial charge in [-0.05, 0) is 18.2 Å². The molecule has 1 N–H and O–H groups in total. The fraction of sp³-hybridized carbons (Fsp3) is 0.200. The van der Waals surface area contributed by atoms with Crippen molar-refractivity contribution in [3.05, 3.63) is 35.9 Å². The van der Waals surface area contributed by atoms with Gasteiger partial charge in [0.15, 0.2) is 0 Å². The number of rotatable bonds is 2. The fourth-order valence-electron chi connectivity index (χ4n) is 1.46. The maximum Gasteiger partial charge on any atom is 0.534 e. The maximum atomic E-state index is 12.2. The number of para-hydroxylation sites is 1. The first-order valence-electron chi connectivity index (χ1n) is 4.85. The molecule has 0 unspecified atom stereocenters. The molecule has 0 atom stereocenters. The van der Waals surface area contributed by atoms with Gasteiger partial charge >= 0.3 is 15.6 Å². The van der Waals surface area contributed by atoms with Gasteiger partial charge in [0.05, 0.1) is 0 Å². The zero-order valence-corrected chi connectivity index (χ0v) is 9.68. The number of hydrogen-bond acceptors (Lipinski definition) is 4. The van der Waals surface area contributed by atoms with Crippen molar-refractivity contribution in [2.24, 2.45) is 0 Å². The van der Waals surface area contributed by atoms with E-state index < -0.39 is 15.6 Å². The van der Waals surface area contributed by atoms with Crippen LogP contribution >= 0.6 is 0 Å². The number of halogens is 3. The van der Waals surface area contributed by atoms with Crippen molar-refractivity contribution >= 4 is 21.6 Å². The molecule has 0 saturated heterocycles. The predicted molar refractivity (Wildman–Crippen MR) is 59.0 cm³/mol. The van der Waals surface area contributed by atoms with E-state index in [1.165, 1.54) is 12.1 Å². The molecule has 0 aromatic heterocycles. The van der Waals surface area contributed by atoms with Gasteiger partial charge in [-0.15, -0.1) is 0 Å². The molecule has 8 heteroatoms. The summed E-state index contributed by atoms with van der Waals surface area (Å²) in [5.41, 5.74) is -4.64. The van der Waals surface area contributed by atoms with Gasteiger partial charge in [0.25, 0.3) is 0 Å². The van der Waals surface area contributed by atoms with E-state index in [0.29, 0.717) is 5.69 Å². The van der Waals surface area contributed by atoms with Crippen LogP contribution < -0.4 is 5.32 Å². The third kappa shape index (κ3) is 2.28. The Morgan fingerprint density at radius 2 is 1.89 bits per heavy atom. The van der Waals surface area contributed by atoms with Crippen LogP contribution in [0.5, 0.6) is 0 Å². The first-order valence-corrected chi connectivity index (χ1v) is 6.26. The Labute approximate surface area is 101 Å². The lowest BCUT2D eigenvalue weighted by atomic mass is 10.1. The molecular formula is C10H8F3NO3S. The molecule has 0 spiro atoms. The Hall–Kier alpha value is -1.70. The van der Waals surface area contributed by atoms with Gasteiger partial charge in [-0.2, -0.15) is 21.6 Å². The Balaban J connectivity index is 2.35. The molecule has 1 aliphatic rings. The van der Waals surface area contributed by atoms with E-state index in [2.05, 4.69) is 9.50 Å². The second kappa shape index (κ2) is 4.20. The zero-order chi connectivity index (χ0) is 13.4. The van der Waals surface area contributed by atoms with E-state index in [9.17, 15) is 21.6 Å². The van der Waals surface area contributed by atoms with Gasteiger partial charge in [0, 0.05) is 17.8 Å². The van der Waals surface area contributed by atoms with E-state index in [0.717, 1.165) is 0 Å². The molecule has 4 nitrogen and oxygen atoms in total.